The summed E-state index contributed by atoms with van der Waals surface area (Å²) in [7, 11) is 0. The van der Waals surface area contributed by atoms with Crippen molar-refractivity contribution in [1.82, 2.24) is 0 Å². The van der Waals surface area contributed by atoms with E-state index in [-0.39, 0.29) is 0 Å². The molecule has 2 N–H and O–H groups in total. The number of rotatable bonds is 1. The molecule has 0 saturated heterocycles. The predicted octanol–water partition coefficient (Wildman–Crippen LogP) is 1.53. The van der Waals surface area contributed by atoms with Crippen molar-refractivity contribution in [3.63, 3.8) is 0 Å². The van der Waals surface area contributed by atoms with E-state index >= 15 is 0 Å². The zero-order chi connectivity index (χ0) is 6.82. The Labute approximate surface area is 62.0 Å². The second kappa shape index (κ2) is 1.29. The van der Waals surface area contributed by atoms with Gasteiger partial charge in [0.2, 0.25) is 0 Å². The second-order valence-electron chi connectivity index (χ2n) is 4.75. The van der Waals surface area contributed by atoms with Gasteiger partial charge in [0.1, 0.15) is 0 Å². The van der Waals surface area contributed by atoms with Gasteiger partial charge in [0, 0.05) is 0 Å². The van der Waals surface area contributed by atoms with Gasteiger partial charge in [0.15, 0.2) is 0 Å². The van der Waals surface area contributed by atoms with E-state index in [1.807, 2.05) is 0 Å². The van der Waals surface area contributed by atoms with Crippen molar-refractivity contribution < 1.29 is 0 Å². The highest BCUT2D eigenvalue weighted by atomic mass is 14.8. The van der Waals surface area contributed by atoms with E-state index in [1.165, 1.54) is 12.8 Å². The molecule has 0 atom stereocenters. The fraction of sp³-hybridized carbons (Fsp3) is 1.00. The third-order valence-corrected chi connectivity index (χ3v) is 4.22. The highest BCUT2D eigenvalue weighted by Gasteiger charge is 2.76. The third-order valence-electron chi connectivity index (χ3n) is 4.22. The van der Waals surface area contributed by atoms with Gasteiger partial charge in [-0.05, 0) is 55.4 Å². The molecule has 56 valence electrons. The molecule has 0 aromatic heterocycles. The molecule has 1 heteroatoms. The number of fused-ring (bicyclic) bond motifs is 1. The molecule has 3 aliphatic carbocycles. The molecule has 3 fully saturated rings. The molecule has 0 aliphatic heterocycles. The van der Waals surface area contributed by atoms with Gasteiger partial charge in [-0.15, -0.1) is 0 Å². The largest absolute Gasteiger partial charge is 0.330 e. The molecule has 0 heterocycles. The van der Waals surface area contributed by atoms with Crippen molar-refractivity contribution in [2.24, 2.45) is 22.5 Å². The van der Waals surface area contributed by atoms with Crippen LogP contribution >= 0.6 is 0 Å². The monoisotopic (exact) mass is 137 g/mol. The minimum atomic E-state index is 0.872. The van der Waals surface area contributed by atoms with E-state index in [4.69, 9.17) is 5.73 Å². The lowest BCUT2D eigenvalue weighted by molar-refractivity contribution is 0.150. The van der Waals surface area contributed by atoms with Gasteiger partial charge in [-0.2, -0.15) is 0 Å². The molecule has 0 aromatic rings. The van der Waals surface area contributed by atoms with Crippen molar-refractivity contribution in [3.05, 3.63) is 0 Å². The Hall–Kier alpha value is -0.0400. The SMILES string of the molecule is NCC1CC2(C1)CC21CC1. The summed E-state index contributed by atoms with van der Waals surface area (Å²) in [5.74, 6) is 0.903. The van der Waals surface area contributed by atoms with E-state index in [9.17, 15) is 0 Å². The standard InChI is InChI=1S/C9H15N/c10-5-7-3-9(4-7)6-8(9)1-2-8/h7H,1-6,10H2. The lowest BCUT2D eigenvalue weighted by atomic mass is 9.70. The summed E-state index contributed by atoms with van der Waals surface area (Å²) < 4.78 is 0. The maximum atomic E-state index is 5.59. The van der Waals surface area contributed by atoms with E-state index in [0.717, 1.165) is 23.3 Å². The fourth-order valence-corrected chi connectivity index (χ4v) is 3.25. The molecule has 0 amide bonds. The molecular formula is C9H15N. The van der Waals surface area contributed by atoms with Gasteiger partial charge < -0.3 is 5.73 Å². The van der Waals surface area contributed by atoms with E-state index in [2.05, 4.69) is 0 Å². The molecule has 3 rings (SSSR count). The van der Waals surface area contributed by atoms with Crippen LogP contribution in [0, 0.1) is 16.7 Å². The highest BCUT2D eigenvalue weighted by Crippen LogP contribution is 2.86. The van der Waals surface area contributed by atoms with Crippen molar-refractivity contribution in [2.75, 3.05) is 6.54 Å². The normalized spacial score (nSPS) is 53.1. The summed E-state index contributed by atoms with van der Waals surface area (Å²) in [5, 5.41) is 0. The molecule has 3 saturated carbocycles. The molecule has 0 bridgehead atoms. The summed E-state index contributed by atoms with van der Waals surface area (Å²) in [4.78, 5) is 0. The Morgan fingerprint density at radius 3 is 2.30 bits per heavy atom. The van der Waals surface area contributed by atoms with Gasteiger partial charge in [-0.3, -0.25) is 0 Å². The fourth-order valence-electron chi connectivity index (χ4n) is 3.25. The van der Waals surface area contributed by atoms with Crippen LogP contribution in [-0.4, -0.2) is 6.54 Å². The minimum Gasteiger partial charge on any atom is -0.330 e. The summed E-state index contributed by atoms with van der Waals surface area (Å²) in [5.41, 5.74) is 7.38. The van der Waals surface area contributed by atoms with Crippen molar-refractivity contribution in [2.45, 2.75) is 32.1 Å². The lowest BCUT2D eigenvalue weighted by Crippen LogP contribution is -2.32. The van der Waals surface area contributed by atoms with E-state index in [1.54, 1.807) is 19.3 Å². The predicted molar refractivity (Wildman–Crippen MR) is 40.5 cm³/mol. The van der Waals surface area contributed by atoms with Crippen LogP contribution in [0.15, 0.2) is 0 Å². The topological polar surface area (TPSA) is 26.0 Å². The summed E-state index contributed by atoms with van der Waals surface area (Å²) in [6, 6.07) is 0. The molecule has 0 radical (unpaired) electrons. The summed E-state index contributed by atoms with van der Waals surface area (Å²) in [6.07, 6.45) is 7.61. The molecule has 3 aliphatic rings. The first-order chi connectivity index (χ1) is 4.80. The smallest absolute Gasteiger partial charge is 0.00484 e. The van der Waals surface area contributed by atoms with Gasteiger partial charge in [0.05, 0.1) is 0 Å². The van der Waals surface area contributed by atoms with Crippen LogP contribution < -0.4 is 5.73 Å². The van der Waals surface area contributed by atoms with Gasteiger partial charge in [-0.25, -0.2) is 0 Å². The molecule has 2 spiro atoms. The van der Waals surface area contributed by atoms with Crippen LogP contribution in [-0.2, 0) is 0 Å². The maximum Gasteiger partial charge on any atom is -0.00484 e. The average molecular weight is 137 g/mol. The minimum absolute atomic E-state index is 0.872. The van der Waals surface area contributed by atoms with E-state index in [0.29, 0.717) is 0 Å². The summed E-state index contributed by atoms with van der Waals surface area (Å²) in [6.45, 7) is 0.942. The third kappa shape index (κ3) is 0.430. The van der Waals surface area contributed by atoms with Crippen LogP contribution in [0.5, 0.6) is 0 Å². The van der Waals surface area contributed by atoms with Gasteiger partial charge >= 0.3 is 0 Å². The first-order valence-electron chi connectivity index (χ1n) is 4.50. The molecule has 1 nitrogen and oxygen atoms in total. The first kappa shape index (κ1) is 5.59. The Morgan fingerprint density at radius 2 is 1.90 bits per heavy atom. The average Bonchev–Trinajstić information content (AvgIpc) is 2.69. The molecule has 0 aromatic carbocycles. The van der Waals surface area contributed by atoms with Crippen LogP contribution in [0.3, 0.4) is 0 Å². The van der Waals surface area contributed by atoms with Crippen LogP contribution in [0.25, 0.3) is 0 Å². The van der Waals surface area contributed by atoms with Crippen molar-refractivity contribution in [3.8, 4) is 0 Å². The van der Waals surface area contributed by atoms with Crippen LogP contribution in [0.2, 0.25) is 0 Å². The van der Waals surface area contributed by atoms with Crippen LogP contribution in [0.1, 0.15) is 32.1 Å². The van der Waals surface area contributed by atoms with Crippen LogP contribution in [0.4, 0.5) is 0 Å². The Balaban J connectivity index is 1.69. The first-order valence-corrected chi connectivity index (χ1v) is 4.50. The quantitative estimate of drug-likeness (QED) is 0.582. The number of hydrogen-bond acceptors (Lipinski definition) is 1. The van der Waals surface area contributed by atoms with Crippen molar-refractivity contribution >= 4 is 0 Å². The van der Waals surface area contributed by atoms with Gasteiger partial charge in [-0.1, -0.05) is 0 Å². The lowest BCUT2D eigenvalue weighted by Gasteiger charge is -2.36. The maximum absolute atomic E-state index is 5.59. The molecular weight excluding hydrogens is 122 g/mol. The summed E-state index contributed by atoms with van der Waals surface area (Å²) >= 11 is 0. The number of hydrogen-bond donors (Lipinski definition) is 1. The Kier molecular flexibility index (Phi) is 0.722. The van der Waals surface area contributed by atoms with Gasteiger partial charge in [0.25, 0.3) is 0 Å². The molecule has 10 heavy (non-hydrogen) atoms. The second-order valence-corrected chi connectivity index (χ2v) is 4.75. The number of nitrogens with two attached hydrogens (primary N) is 1. The van der Waals surface area contributed by atoms with Crippen molar-refractivity contribution in [1.29, 1.82) is 0 Å². The zero-order valence-electron chi connectivity index (χ0n) is 6.40. The zero-order valence-corrected chi connectivity index (χ0v) is 6.40. The van der Waals surface area contributed by atoms with E-state index < -0.39 is 0 Å². The Morgan fingerprint density at radius 1 is 1.20 bits per heavy atom. The molecule has 0 unspecified atom stereocenters. The Bertz CT molecular complexity index is 175. The highest BCUT2D eigenvalue weighted by molar-refractivity contribution is 5.26.